The molecule has 0 saturated carbocycles. The van der Waals surface area contributed by atoms with E-state index in [9.17, 15) is 4.79 Å². The summed E-state index contributed by atoms with van der Waals surface area (Å²) >= 11 is 0. The first-order valence-corrected chi connectivity index (χ1v) is 5.39. The summed E-state index contributed by atoms with van der Waals surface area (Å²) in [5.41, 5.74) is 5.53. The molecule has 3 N–H and O–H groups in total. The van der Waals surface area contributed by atoms with Gasteiger partial charge in [0.15, 0.2) is 0 Å². The van der Waals surface area contributed by atoms with Crippen LogP contribution in [0, 0.1) is 0 Å². The van der Waals surface area contributed by atoms with Gasteiger partial charge in [-0.1, -0.05) is 0 Å². The third-order valence-electron chi connectivity index (χ3n) is 2.69. The quantitative estimate of drug-likeness (QED) is 0.610. The number of hydrogen-bond donors (Lipinski definition) is 2. The smallest absolute Gasteiger partial charge is 0.323 e. The molecule has 1 heterocycles. The van der Waals surface area contributed by atoms with Gasteiger partial charge < -0.3 is 20.5 Å². The Morgan fingerprint density at radius 3 is 2.73 bits per heavy atom. The van der Waals surface area contributed by atoms with Crippen LogP contribution in [0.4, 0.5) is 0 Å². The minimum absolute atomic E-state index is 0.00144. The molecule has 88 valence electrons. The van der Waals surface area contributed by atoms with Crippen LogP contribution in [0.2, 0.25) is 0 Å². The molecule has 0 aromatic carbocycles. The minimum Gasteiger partial charge on any atom is -0.461 e. The number of hydrogen-bond acceptors (Lipinski definition) is 5. The van der Waals surface area contributed by atoms with Gasteiger partial charge in [-0.15, -0.1) is 0 Å². The zero-order chi connectivity index (χ0) is 11.3. The molecule has 0 aliphatic carbocycles. The van der Waals surface area contributed by atoms with Crippen molar-refractivity contribution in [1.29, 1.82) is 0 Å². The highest BCUT2D eigenvalue weighted by Gasteiger charge is 2.23. The first-order chi connectivity index (χ1) is 7.13. The highest BCUT2D eigenvalue weighted by atomic mass is 16.5. The Bertz CT molecular complexity index is 203. The van der Waals surface area contributed by atoms with E-state index in [0.29, 0.717) is 0 Å². The molecule has 1 aliphatic heterocycles. The fraction of sp³-hybridized carbons (Fsp3) is 0.900. The highest BCUT2D eigenvalue weighted by molar-refractivity contribution is 5.75. The Morgan fingerprint density at radius 1 is 1.60 bits per heavy atom. The summed E-state index contributed by atoms with van der Waals surface area (Å²) in [7, 11) is 2.05. The zero-order valence-corrected chi connectivity index (χ0v) is 9.19. The van der Waals surface area contributed by atoms with Crippen LogP contribution in [0.15, 0.2) is 0 Å². The van der Waals surface area contributed by atoms with Crippen LogP contribution in [-0.2, 0) is 9.53 Å². The number of nitrogens with two attached hydrogens (primary N) is 1. The van der Waals surface area contributed by atoms with Crippen molar-refractivity contribution < 1.29 is 14.6 Å². The number of ether oxygens (including phenoxy) is 1. The van der Waals surface area contributed by atoms with Crippen LogP contribution in [0.5, 0.6) is 0 Å². The van der Waals surface area contributed by atoms with Crippen molar-refractivity contribution in [2.24, 2.45) is 5.73 Å². The SMILES string of the molecule is CN1CCC(OC(=O)[C@@H](N)CCO)CC1. The number of rotatable bonds is 4. The van der Waals surface area contributed by atoms with Crippen molar-refractivity contribution in [3.05, 3.63) is 0 Å². The normalized spacial score (nSPS) is 21.3. The van der Waals surface area contributed by atoms with E-state index in [0.717, 1.165) is 25.9 Å². The van der Waals surface area contributed by atoms with Crippen molar-refractivity contribution in [2.45, 2.75) is 31.4 Å². The molecule has 0 aromatic rings. The largest absolute Gasteiger partial charge is 0.461 e. The third kappa shape index (κ3) is 4.15. The fourth-order valence-corrected chi connectivity index (χ4v) is 1.61. The van der Waals surface area contributed by atoms with Gasteiger partial charge >= 0.3 is 5.97 Å². The Kier molecular flexibility index (Phi) is 5.01. The van der Waals surface area contributed by atoms with E-state index < -0.39 is 12.0 Å². The molecule has 5 heteroatoms. The second-order valence-electron chi connectivity index (χ2n) is 4.06. The van der Waals surface area contributed by atoms with E-state index in [1.807, 2.05) is 0 Å². The highest BCUT2D eigenvalue weighted by Crippen LogP contribution is 2.12. The van der Waals surface area contributed by atoms with Crippen LogP contribution < -0.4 is 5.73 Å². The standard InChI is InChI=1S/C10H20N2O3/c1-12-5-2-8(3-6-12)15-10(14)9(11)4-7-13/h8-9,13H,2-7,11H2,1H3/t9-/m0/s1. The summed E-state index contributed by atoms with van der Waals surface area (Å²) in [6.07, 6.45) is 2.01. The molecular weight excluding hydrogens is 196 g/mol. The molecule has 5 nitrogen and oxygen atoms in total. The molecule has 0 unspecified atom stereocenters. The van der Waals surface area contributed by atoms with Crippen LogP contribution in [0.25, 0.3) is 0 Å². The van der Waals surface area contributed by atoms with E-state index in [1.54, 1.807) is 0 Å². The minimum atomic E-state index is -0.686. The Morgan fingerprint density at radius 2 is 2.20 bits per heavy atom. The van der Waals surface area contributed by atoms with Crippen molar-refractivity contribution >= 4 is 5.97 Å². The number of esters is 1. The van der Waals surface area contributed by atoms with Gasteiger partial charge in [-0.05, 0) is 26.3 Å². The van der Waals surface area contributed by atoms with Crippen molar-refractivity contribution in [3.63, 3.8) is 0 Å². The molecule has 0 aromatic heterocycles. The number of carbonyl (C=O) groups is 1. The van der Waals surface area contributed by atoms with Crippen LogP contribution in [0.3, 0.4) is 0 Å². The Labute approximate surface area is 90.2 Å². The maximum atomic E-state index is 11.4. The van der Waals surface area contributed by atoms with Crippen LogP contribution in [0.1, 0.15) is 19.3 Å². The van der Waals surface area contributed by atoms with Gasteiger partial charge in [-0.3, -0.25) is 4.79 Å². The van der Waals surface area contributed by atoms with E-state index in [-0.39, 0.29) is 19.1 Å². The average Bonchev–Trinajstić information content (AvgIpc) is 2.22. The van der Waals surface area contributed by atoms with Gasteiger partial charge in [-0.25, -0.2) is 0 Å². The summed E-state index contributed by atoms with van der Waals surface area (Å²) in [6.45, 7) is 1.82. The molecule has 0 bridgehead atoms. The van der Waals surface area contributed by atoms with Crippen LogP contribution in [-0.4, -0.2) is 54.9 Å². The lowest BCUT2D eigenvalue weighted by Gasteiger charge is -2.29. The van der Waals surface area contributed by atoms with E-state index in [1.165, 1.54) is 0 Å². The number of carbonyl (C=O) groups excluding carboxylic acids is 1. The predicted molar refractivity (Wildman–Crippen MR) is 56.3 cm³/mol. The second kappa shape index (κ2) is 6.05. The maximum Gasteiger partial charge on any atom is 0.323 e. The number of aliphatic hydroxyl groups excluding tert-OH is 1. The summed E-state index contributed by atoms with van der Waals surface area (Å²) in [6, 6.07) is -0.686. The number of nitrogens with zero attached hydrogens (tertiary/aromatic N) is 1. The number of piperidine rings is 1. The summed E-state index contributed by atoms with van der Waals surface area (Å²) in [5.74, 6) is -0.390. The number of aliphatic hydroxyl groups is 1. The fourth-order valence-electron chi connectivity index (χ4n) is 1.61. The van der Waals surface area contributed by atoms with Gasteiger partial charge in [0.1, 0.15) is 12.1 Å². The van der Waals surface area contributed by atoms with Gasteiger partial charge in [0, 0.05) is 19.7 Å². The second-order valence-corrected chi connectivity index (χ2v) is 4.06. The Hall–Kier alpha value is -0.650. The summed E-state index contributed by atoms with van der Waals surface area (Å²) < 4.78 is 5.25. The molecular formula is C10H20N2O3. The third-order valence-corrected chi connectivity index (χ3v) is 2.69. The Balaban J connectivity index is 2.25. The molecule has 1 rings (SSSR count). The van der Waals surface area contributed by atoms with Gasteiger partial charge in [0.05, 0.1) is 0 Å². The monoisotopic (exact) mass is 216 g/mol. The van der Waals surface area contributed by atoms with Gasteiger partial charge in [0.25, 0.3) is 0 Å². The average molecular weight is 216 g/mol. The number of likely N-dealkylation sites (tertiary alicyclic amines) is 1. The molecule has 1 atom stereocenters. The predicted octanol–water partition coefficient (Wildman–Crippen LogP) is -0.666. The lowest BCUT2D eigenvalue weighted by atomic mass is 10.1. The molecule has 0 spiro atoms. The molecule has 0 amide bonds. The molecule has 1 fully saturated rings. The first kappa shape index (κ1) is 12.4. The summed E-state index contributed by atoms with van der Waals surface area (Å²) in [4.78, 5) is 13.6. The van der Waals surface area contributed by atoms with E-state index in [2.05, 4.69) is 11.9 Å². The maximum absolute atomic E-state index is 11.4. The van der Waals surface area contributed by atoms with E-state index in [4.69, 9.17) is 15.6 Å². The molecule has 1 aliphatic rings. The lowest BCUT2D eigenvalue weighted by Crippen LogP contribution is -2.40. The van der Waals surface area contributed by atoms with Crippen LogP contribution >= 0.6 is 0 Å². The first-order valence-electron chi connectivity index (χ1n) is 5.39. The van der Waals surface area contributed by atoms with Crippen molar-refractivity contribution in [3.8, 4) is 0 Å². The molecule has 1 saturated heterocycles. The summed E-state index contributed by atoms with van der Waals surface area (Å²) in [5, 5.41) is 8.63. The van der Waals surface area contributed by atoms with Crippen molar-refractivity contribution in [1.82, 2.24) is 4.90 Å². The zero-order valence-electron chi connectivity index (χ0n) is 9.19. The topological polar surface area (TPSA) is 75.8 Å². The van der Waals surface area contributed by atoms with Gasteiger partial charge in [0.2, 0.25) is 0 Å². The lowest BCUT2D eigenvalue weighted by molar-refractivity contribution is -0.153. The molecule has 0 radical (unpaired) electrons. The van der Waals surface area contributed by atoms with E-state index >= 15 is 0 Å². The molecule has 15 heavy (non-hydrogen) atoms. The van der Waals surface area contributed by atoms with Crippen molar-refractivity contribution in [2.75, 3.05) is 26.7 Å². The van der Waals surface area contributed by atoms with Gasteiger partial charge in [-0.2, -0.15) is 0 Å².